The van der Waals surface area contributed by atoms with E-state index in [0.717, 1.165) is 10.2 Å². The summed E-state index contributed by atoms with van der Waals surface area (Å²) in [6.07, 6.45) is 0. The zero-order chi connectivity index (χ0) is 15.0. The van der Waals surface area contributed by atoms with Crippen molar-refractivity contribution in [3.05, 3.63) is 52.2 Å². The molecule has 3 aromatic rings. The molecule has 0 atom stereocenters. The number of hydrogen-bond acceptors (Lipinski definition) is 2. The van der Waals surface area contributed by atoms with Gasteiger partial charge in [0, 0.05) is 12.2 Å². The summed E-state index contributed by atoms with van der Waals surface area (Å²) in [5.41, 5.74) is 2.10. The van der Waals surface area contributed by atoms with Crippen LogP contribution >= 0.6 is 22.9 Å². The number of hydrogen-bond donors (Lipinski definition) is 1. The van der Waals surface area contributed by atoms with Crippen LogP contribution in [0.5, 0.6) is 0 Å². The molecule has 1 N–H and O–H groups in total. The zero-order valence-electron chi connectivity index (χ0n) is 11.2. The van der Waals surface area contributed by atoms with Gasteiger partial charge in [-0.15, -0.1) is 11.3 Å². The third-order valence-corrected chi connectivity index (χ3v) is 4.39. The molecule has 0 radical (unpaired) electrons. The minimum atomic E-state index is -0.507. The highest BCUT2D eigenvalue weighted by molar-refractivity contribution is 7.17. The maximum absolute atomic E-state index is 13.1. The normalized spacial score (nSPS) is 11.0. The van der Waals surface area contributed by atoms with E-state index in [2.05, 4.69) is 5.32 Å². The van der Waals surface area contributed by atoms with Crippen molar-refractivity contribution >= 4 is 44.7 Å². The van der Waals surface area contributed by atoms with E-state index in [9.17, 15) is 9.18 Å². The lowest BCUT2D eigenvalue weighted by molar-refractivity contribution is 0.101. The zero-order valence-corrected chi connectivity index (χ0v) is 12.8. The Morgan fingerprint density at radius 3 is 2.90 bits per heavy atom. The summed E-state index contributed by atoms with van der Waals surface area (Å²) in [5.74, 6) is -0.741. The highest BCUT2D eigenvalue weighted by atomic mass is 35.5. The lowest BCUT2D eigenvalue weighted by Crippen LogP contribution is -2.16. The maximum Gasteiger partial charge on any atom is 0.272 e. The maximum atomic E-state index is 13.1. The number of anilines is 1. The Labute approximate surface area is 130 Å². The van der Waals surface area contributed by atoms with Crippen molar-refractivity contribution in [2.24, 2.45) is 0 Å². The number of carbonyl (C=O) groups excluding carboxylic acids is 1. The second kappa shape index (κ2) is 5.50. The van der Waals surface area contributed by atoms with Crippen molar-refractivity contribution in [2.45, 2.75) is 13.5 Å². The first kappa shape index (κ1) is 14.1. The Morgan fingerprint density at radius 1 is 1.38 bits per heavy atom. The first-order chi connectivity index (χ1) is 10.1. The van der Waals surface area contributed by atoms with Crippen LogP contribution in [-0.4, -0.2) is 10.5 Å². The van der Waals surface area contributed by atoms with Gasteiger partial charge in [-0.2, -0.15) is 0 Å². The summed E-state index contributed by atoms with van der Waals surface area (Å²) in [4.78, 5) is 12.4. The van der Waals surface area contributed by atoms with Crippen LogP contribution in [0.15, 0.2) is 35.7 Å². The van der Waals surface area contributed by atoms with Gasteiger partial charge in [-0.1, -0.05) is 11.6 Å². The highest BCUT2D eigenvalue weighted by Gasteiger charge is 2.16. The number of nitrogens with zero attached hydrogens (tertiary/aromatic N) is 1. The molecule has 1 aromatic carbocycles. The van der Waals surface area contributed by atoms with E-state index < -0.39 is 5.82 Å². The van der Waals surface area contributed by atoms with Crippen LogP contribution in [0.3, 0.4) is 0 Å². The molecule has 2 heterocycles. The number of aromatic nitrogens is 1. The fraction of sp³-hybridized carbons (Fsp3) is 0.133. The minimum Gasteiger partial charge on any atom is -0.336 e. The molecular formula is C15H12ClFN2OS. The molecule has 0 fully saturated rings. The molecule has 0 spiro atoms. The second-order valence-corrected chi connectivity index (χ2v) is 5.88. The second-order valence-electron chi connectivity index (χ2n) is 4.53. The molecule has 108 valence electrons. The van der Waals surface area contributed by atoms with Crippen LogP contribution in [0.4, 0.5) is 10.1 Å². The van der Waals surface area contributed by atoms with Crippen LogP contribution in [0.25, 0.3) is 10.2 Å². The molecular weight excluding hydrogens is 311 g/mol. The third kappa shape index (κ3) is 2.54. The summed E-state index contributed by atoms with van der Waals surface area (Å²) < 4.78 is 16.1. The first-order valence-electron chi connectivity index (χ1n) is 6.43. The largest absolute Gasteiger partial charge is 0.336 e. The number of rotatable bonds is 3. The Morgan fingerprint density at radius 2 is 2.19 bits per heavy atom. The molecule has 0 aliphatic heterocycles. The molecule has 0 unspecified atom stereocenters. The van der Waals surface area contributed by atoms with E-state index in [1.165, 1.54) is 18.2 Å². The Kier molecular flexibility index (Phi) is 3.69. The van der Waals surface area contributed by atoms with E-state index >= 15 is 0 Å². The van der Waals surface area contributed by atoms with E-state index in [1.807, 2.05) is 29.0 Å². The third-order valence-electron chi connectivity index (χ3n) is 3.25. The summed E-state index contributed by atoms with van der Waals surface area (Å²) >= 11 is 7.31. The van der Waals surface area contributed by atoms with E-state index in [-0.39, 0.29) is 10.9 Å². The lowest BCUT2D eigenvalue weighted by Gasteiger charge is -2.09. The number of halogens is 2. The molecule has 1 amide bonds. The average Bonchev–Trinajstić information content (AvgIpc) is 3.02. The molecule has 0 aliphatic rings. The molecule has 3 rings (SSSR count). The fourth-order valence-electron chi connectivity index (χ4n) is 2.27. The van der Waals surface area contributed by atoms with Crippen molar-refractivity contribution in [2.75, 3.05) is 5.32 Å². The number of amides is 1. The van der Waals surface area contributed by atoms with Crippen molar-refractivity contribution in [1.29, 1.82) is 0 Å². The van der Waals surface area contributed by atoms with Gasteiger partial charge < -0.3 is 9.88 Å². The van der Waals surface area contributed by atoms with Gasteiger partial charge in [0.15, 0.2) is 0 Å². The molecule has 0 saturated carbocycles. The van der Waals surface area contributed by atoms with Crippen molar-refractivity contribution in [3.63, 3.8) is 0 Å². The first-order valence-corrected chi connectivity index (χ1v) is 7.69. The number of benzene rings is 1. The SMILES string of the molecule is CCn1c(C(=O)Nc2ccc(F)c(Cl)c2)cc2sccc21. The van der Waals surface area contributed by atoms with Gasteiger partial charge in [0.25, 0.3) is 5.91 Å². The standard InChI is InChI=1S/C15H12ClFN2OS/c1-2-19-12-5-6-21-14(12)8-13(19)15(20)18-9-3-4-11(17)10(16)7-9/h3-8H,2H2,1H3,(H,18,20). The summed E-state index contributed by atoms with van der Waals surface area (Å²) in [6, 6.07) is 7.98. The summed E-state index contributed by atoms with van der Waals surface area (Å²) in [5, 5.41) is 4.73. The van der Waals surface area contributed by atoms with Gasteiger partial charge in [-0.3, -0.25) is 4.79 Å². The predicted octanol–water partition coefficient (Wildman–Crippen LogP) is 4.77. The van der Waals surface area contributed by atoms with Crippen LogP contribution in [0.2, 0.25) is 5.02 Å². The number of nitrogens with one attached hydrogen (secondary N) is 1. The number of carbonyl (C=O) groups is 1. The smallest absolute Gasteiger partial charge is 0.272 e. The molecule has 6 heteroatoms. The highest BCUT2D eigenvalue weighted by Crippen LogP contribution is 2.26. The minimum absolute atomic E-state index is 0.0142. The Balaban J connectivity index is 1.93. The van der Waals surface area contributed by atoms with Gasteiger partial charge >= 0.3 is 0 Å². The number of thiophene rings is 1. The van der Waals surface area contributed by atoms with E-state index in [4.69, 9.17) is 11.6 Å². The molecule has 0 aliphatic carbocycles. The average molecular weight is 323 g/mol. The van der Waals surface area contributed by atoms with Crippen molar-refractivity contribution in [3.8, 4) is 0 Å². The number of fused-ring (bicyclic) bond motifs is 1. The molecule has 21 heavy (non-hydrogen) atoms. The van der Waals surface area contributed by atoms with Gasteiger partial charge in [-0.05, 0) is 42.6 Å². The van der Waals surface area contributed by atoms with Gasteiger partial charge in [0.1, 0.15) is 11.5 Å². The molecule has 0 bridgehead atoms. The Hall–Kier alpha value is -1.85. The van der Waals surface area contributed by atoms with Gasteiger partial charge in [0.05, 0.1) is 15.2 Å². The lowest BCUT2D eigenvalue weighted by atomic mass is 10.3. The van der Waals surface area contributed by atoms with Gasteiger partial charge in [-0.25, -0.2) is 4.39 Å². The van der Waals surface area contributed by atoms with Crippen LogP contribution < -0.4 is 5.32 Å². The van der Waals surface area contributed by atoms with Gasteiger partial charge in [0.2, 0.25) is 0 Å². The topological polar surface area (TPSA) is 34.0 Å². The molecule has 3 nitrogen and oxygen atoms in total. The number of aryl methyl sites for hydroxylation is 1. The predicted molar refractivity (Wildman–Crippen MR) is 84.9 cm³/mol. The van der Waals surface area contributed by atoms with E-state index in [1.54, 1.807) is 11.3 Å². The summed E-state index contributed by atoms with van der Waals surface area (Å²) in [6.45, 7) is 2.69. The van der Waals surface area contributed by atoms with Crippen LogP contribution in [0.1, 0.15) is 17.4 Å². The molecule has 0 saturated heterocycles. The summed E-state index contributed by atoms with van der Waals surface area (Å²) in [7, 11) is 0. The Bertz CT molecular complexity index is 824. The van der Waals surface area contributed by atoms with Crippen molar-refractivity contribution < 1.29 is 9.18 Å². The quantitative estimate of drug-likeness (QED) is 0.740. The fourth-order valence-corrected chi connectivity index (χ4v) is 3.28. The van der Waals surface area contributed by atoms with E-state index in [0.29, 0.717) is 17.9 Å². The molecule has 2 aromatic heterocycles. The van der Waals surface area contributed by atoms with Crippen molar-refractivity contribution in [1.82, 2.24) is 4.57 Å². The van der Waals surface area contributed by atoms with Crippen LogP contribution in [0, 0.1) is 5.82 Å². The van der Waals surface area contributed by atoms with Crippen LogP contribution in [-0.2, 0) is 6.54 Å². The monoisotopic (exact) mass is 322 g/mol.